The highest BCUT2D eigenvalue weighted by Crippen LogP contribution is 2.26. The van der Waals surface area contributed by atoms with Gasteiger partial charge in [0.05, 0.1) is 32.1 Å². The molecule has 174 valence electrons. The number of rotatable bonds is 10. The lowest BCUT2D eigenvalue weighted by atomic mass is 10.1. The maximum absolute atomic E-state index is 12.4. The number of aryl methyl sites for hydroxylation is 1. The Morgan fingerprint density at radius 2 is 1.58 bits per heavy atom. The summed E-state index contributed by atoms with van der Waals surface area (Å²) in [5, 5.41) is 2.81. The molecular formula is C25H28N2O5S. The van der Waals surface area contributed by atoms with Crippen molar-refractivity contribution in [2.75, 3.05) is 30.8 Å². The van der Waals surface area contributed by atoms with Crippen molar-refractivity contribution in [3.05, 3.63) is 89.5 Å². The third kappa shape index (κ3) is 6.49. The van der Waals surface area contributed by atoms with Crippen LogP contribution in [-0.2, 0) is 16.6 Å². The lowest BCUT2D eigenvalue weighted by Gasteiger charge is -2.24. The maximum atomic E-state index is 12.4. The molecule has 0 aliphatic heterocycles. The van der Waals surface area contributed by atoms with Gasteiger partial charge in [0.15, 0.2) is 11.5 Å². The molecule has 1 N–H and O–H groups in total. The Kier molecular flexibility index (Phi) is 7.95. The van der Waals surface area contributed by atoms with Gasteiger partial charge in [-0.15, -0.1) is 0 Å². The topological polar surface area (TPSA) is 84.9 Å². The molecule has 0 saturated carbocycles. The summed E-state index contributed by atoms with van der Waals surface area (Å²) in [6.45, 7) is 2.68. The van der Waals surface area contributed by atoms with Gasteiger partial charge in [-0.1, -0.05) is 42.5 Å². The normalized spacial score (nSPS) is 11.0. The van der Waals surface area contributed by atoms with Crippen LogP contribution in [-0.4, -0.2) is 40.8 Å². The van der Waals surface area contributed by atoms with Crippen LogP contribution in [0.15, 0.2) is 72.8 Å². The standard InChI is InChI=1S/C25H28N2O5S/c1-19-8-4-5-9-22(19)27(33(3,29)30)18-20-12-14-21(15-13-20)25(28)26-16-17-32-24-11-7-6-10-23(24)31-2/h4-15H,16-18H2,1-3H3,(H,26,28). The van der Waals surface area contributed by atoms with Crippen LogP contribution >= 0.6 is 0 Å². The molecule has 0 heterocycles. The van der Waals surface area contributed by atoms with E-state index in [4.69, 9.17) is 9.47 Å². The number of carbonyl (C=O) groups excluding carboxylic acids is 1. The number of benzene rings is 3. The molecular weight excluding hydrogens is 440 g/mol. The van der Waals surface area contributed by atoms with E-state index in [2.05, 4.69) is 5.32 Å². The molecule has 0 atom stereocenters. The van der Waals surface area contributed by atoms with E-state index in [1.807, 2.05) is 37.3 Å². The van der Waals surface area contributed by atoms with Gasteiger partial charge in [-0.25, -0.2) is 8.42 Å². The van der Waals surface area contributed by atoms with Gasteiger partial charge in [-0.2, -0.15) is 0 Å². The van der Waals surface area contributed by atoms with E-state index in [0.717, 1.165) is 11.1 Å². The van der Waals surface area contributed by atoms with Gasteiger partial charge in [0.1, 0.15) is 6.61 Å². The van der Waals surface area contributed by atoms with Crippen molar-refractivity contribution in [1.29, 1.82) is 0 Å². The zero-order valence-electron chi connectivity index (χ0n) is 18.9. The smallest absolute Gasteiger partial charge is 0.251 e. The molecule has 0 saturated heterocycles. The van der Waals surface area contributed by atoms with Crippen molar-refractivity contribution in [3.63, 3.8) is 0 Å². The van der Waals surface area contributed by atoms with Gasteiger partial charge in [-0.05, 0) is 48.4 Å². The Morgan fingerprint density at radius 3 is 2.21 bits per heavy atom. The Hall–Kier alpha value is -3.52. The van der Waals surface area contributed by atoms with E-state index in [9.17, 15) is 13.2 Å². The van der Waals surface area contributed by atoms with E-state index >= 15 is 0 Å². The second-order valence-electron chi connectivity index (χ2n) is 7.51. The first-order chi connectivity index (χ1) is 15.8. The maximum Gasteiger partial charge on any atom is 0.251 e. The first-order valence-corrected chi connectivity index (χ1v) is 12.3. The average molecular weight is 469 g/mol. The molecule has 0 aromatic heterocycles. The molecule has 0 bridgehead atoms. The molecule has 7 nitrogen and oxygen atoms in total. The number of nitrogens with one attached hydrogen (secondary N) is 1. The van der Waals surface area contributed by atoms with Crippen molar-refractivity contribution in [2.24, 2.45) is 0 Å². The zero-order chi connectivity index (χ0) is 23.8. The second kappa shape index (κ2) is 10.9. The first kappa shape index (κ1) is 24.1. The van der Waals surface area contributed by atoms with Gasteiger partial charge >= 0.3 is 0 Å². The number of hydrogen-bond donors (Lipinski definition) is 1. The summed E-state index contributed by atoms with van der Waals surface area (Å²) in [5.74, 6) is 1.01. The van der Waals surface area contributed by atoms with Crippen LogP contribution in [0.4, 0.5) is 5.69 Å². The third-order valence-corrected chi connectivity index (χ3v) is 6.17. The minimum atomic E-state index is -3.48. The molecule has 0 unspecified atom stereocenters. The highest BCUT2D eigenvalue weighted by Gasteiger charge is 2.19. The molecule has 3 aromatic rings. The van der Waals surface area contributed by atoms with Gasteiger partial charge in [0, 0.05) is 5.56 Å². The molecule has 0 aliphatic rings. The largest absolute Gasteiger partial charge is 0.493 e. The molecule has 3 aromatic carbocycles. The molecule has 3 rings (SSSR count). The van der Waals surface area contributed by atoms with Crippen LogP contribution in [0.5, 0.6) is 11.5 Å². The second-order valence-corrected chi connectivity index (χ2v) is 9.42. The quantitative estimate of drug-likeness (QED) is 0.458. The Bertz CT molecular complexity index is 1190. The number of hydrogen-bond acceptors (Lipinski definition) is 5. The summed E-state index contributed by atoms with van der Waals surface area (Å²) in [5.41, 5.74) is 2.77. The van der Waals surface area contributed by atoms with Crippen LogP contribution in [0, 0.1) is 6.92 Å². The molecule has 8 heteroatoms. The minimum absolute atomic E-state index is 0.179. The Labute approximate surface area is 195 Å². The van der Waals surface area contributed by atoms with Gasteiger partial charge in [0.25, 0.3) is 5.91 Å². The van der Waals surface area contributed by atoms with Crippen LogP contribution in [0.1, 0.15) is 21.5 Å². The van der Waals surface area contributed by atoms with E-state index in [-0.39, 0.29) is 12.5 Å². The average Bonchev–Trinajstić information content (AvgIpc) is 2.80. The van der Waals surface area contributed by atoms with Crippen molar-refractivity contribution in [1.82, 2.24) is 5.32 Å². The number of sulfonamides is 1. The van der Waals surface area contributed by atoms with Crippen molar-refractivity contribution in [3.8, 4) is 11.5 Å². The number of ether oxygens (including phenoxy) is 2. The molecule has 0 radical (unpaired) electrons. The SMILES string of the molecule is COc1ccccc1OCCNC(=O)c1ccc(CN(c2ccccc2C)S(C)(=O)=O)cc1. The zero-order valence-corrected chi connectivity index (χ0v) is 19.8. The number of amides is 1. The van der Waals surface area contributed by atoms with Crippen LogP contribution in [0.3, 0.4) is 0 Å². The van der Waals surface area contributed by atoms with Gasteiger partial charge in [0.2, 0.25) is 10.0 Å². The van der Waals surface area contributed by atoms with Crippen molar-refractivity contribution < 1.29 is 22.7 Å². The van der Waals surface area contributed by atoms with E-state index < -0.39 is 10.0 Å². The van der Waals surface area contributed by atoms with E-state index in [1.54, 1.807) is 49.6 Å². The van der Waals surface area contributed by atoms with Crippen LogP contribution in [0.25, 0.3) is 0 Å². The minimum Gasteiger partial charge on any atom is -0.493 e. The fourth-order valence-electron chi connectivity index (χ4n) is 3.32. The van der Waals surface area contributed by atoms with Crippen LogP contribution in [0.2, 0.25) is 0 Å². The predicted molar refractivity (Wildman–Crippen MR) is 129 cm³/mol. The lowest BCUT2D eigenvalue weighted by Crippen LogP contribution is -2.30. The number of para-hydroxylation sites is 3. The lowest BCUT2D eigenvalue weighted by molar-refractivity contribution is 0.0947. The summed E-state index contributed by atoms with van der Waals surface area (Å²) in [7, 11) is -1.90. The van der Waals surface area contributed by atoms with E-state index in [1.165, 1.54) is 10.6 Å². The number of anilines is 1. The Balaban J connectivity index is 1.58. The van der Waals surface area contributed by atoms with Crippen molar-refractivity contribution in [2.45, 2.75) is 13.5 Å². The summed E-state index contributed by atoms with van der Waals surface area (Å²) < 4.78 is 37.1. The van der Waals surface area contributed by atoms with Crippen LogP contribution < -0.4 is 19.1 Å². The first-order valence-electron chi connectivity index (χ1n) is 10.5. The fraction of sp³-hybridized carbons (Fsp3) is 0.240. The number of nitrogens with zero attached hydrogens (tertiary/aromatic N) is 1. The van der Waals surface area contributed by atoms with Gasteiger partial charge in [-0.3, -0.25) is 9.10 Å². The highest BCUT2D eigenvalue weighted by atomic mass is 32.2. The van der Waals surface area contributed by atoms with E-state index in [0.29, 0.717) is 35.9 Å². The highest BCUT2D eigenvalue weighted by molar-refractivity contribution is 7.92. The summed E-state index contributed by atoms with van der Waals surface area (Å²) >= 11 is 0. The summed E-state index contributed by atoms with van der Waals surface area (Å²) in [6.07, 6.45) is 1.19. The third-order valence-electron chi connectivity index (χ3n) is 5.04. The molecule has 33 heavy (non-hydrogen) atoms. The van der Waals surface area contributed by atoms with Crippen molar-refractivity contribution >= 4 is 21.6 Å². The molecule has 0 fully saturated rings. The molecule has 0 spiro atoms. The monoisotopic (exact) mass is 468 g/mol. The Morgan fingerprint density at radius 1 is 0.939 bits per heavy atom. The summed E-state index contributed by atoms with van der Waals surface area (Å²) in [4.78, 5) is 12.4. The van der Waals surface area contributed by atoms with Gasteiger partial charge < -0.3 is 14.8 Å². The number of methoxy groups -OCH3 is 1. The molecule has 0 aliphatic carbocycles. The fourth-order valence-corrected chi connectivity index (χ4v) is 4.26. The number of carbonyl (C=O) groups is 1. The predicted octanol–water partition coefficient (Wildman–Crippen LogP) is 3.78. The summed E-state index contributed by atoms with van der Waals surface area (Å²) in [6, 6.07) is 21.5. The molecule has 1 amide bonds.